The van der Waals surface area contributed by atoms with Gasteiger partial charge in [0, 0.05) is 37.4 Å². The summed E-state index contributed by atoms with van der Waals surface area (Å²) in [4.78, 5) is 4.95. The van der Waals surface area contributed by atoms with Crippen LogP contribution < -0.4 is 0 Å². The molecule has 5 aromatic rings. The first-order valence-electron chi connectivity index (χ1n) is 13.1. The smallest absolute Gasteiger partial charge is 0.123 e. The van der Waals surface area contributed by atoms with Crippen LogP contribution >= 0.6 is 0 Å². The Labute approximate surface area is 220 Å². The topological polar surface area (TPSA) is 78.0 Å². The van der Waals surface area contributed by atoms with E-state index in [0.717, 1.165) is 62.9 Å². The average molecular weight is 514 g/mol. The Morgan fingerprint density at radius 3 is 2.55 bits per heavy atom. The monoisotopic (exact) mass is 513 g/mol. The van der Waals surface area contributed by atoms with Crippen molar-refractivity contribution in [2.45, 2.75) is 45.3 Å². The van der Waals surface area contributed by atoms with E-state index in [1.54, 1.807) is 30.7 Å². The Bertz CT molecular complexity index is 1620. The van der Waals surface area contributed by atoms with E-state index >= 15 is 0 Å². The zero-order valence-electron chi connectivity index (χ0n) is 22.1. The van der Waals surface area contributed by atoms with Gasteiger partial charge in [0.25, 0.3) is 0 Å². The summed E-state index contributed by atoms with van der Waals surface area (Å²) >= 11 is 0. The van der Waals surface area contributed by atoms with Crippen LogP contribution in [0.3, 0.4) is 0 Å². The Hall–Kier alpha value is -3.62. The fourth-order valence-electron chi connectivity index (χ4n) is 5.93. The summed E-state index contributed by atoms with van der Waals surface area (Å²) in [5.41, 5.74) is 6.13. The molecule has 0 bridgehead atoms. The van der Waals surface area contributed by atoms with E-state index in [0.29, 0.717) is 13.2 Å². The molecule has 0 radical (unpaired) electrons. The number of aliphatic hydroxyl groups is 1. The van der Waals surface area contributed by atoms with Crippen molar-refractivity contribution in [1.29, 1.82) is 0 Å². The van der Waals surface area contributed by atoms with Crippen LogP contribution in [0.15, 0.2) is 54.7 Å². The van der Waals surface area contributed by atoms with E-state index in [9.17, 15) is 9.50 Å². The minimum atomic E-state index is -1.02. The van der Waals surface area contributed by atoms with Crippen molar-refractivity contribution in [2.75, 3.05) is 13.2 Å². The van der Waals surface area contributed by atoms with Gasteiger partial charge in [0.15, 0.2) is 0 Å². The molecule has 38 heavy (non-hydrogen) atoms. The summed E-state index contributed by atoms with van der Waals surface area (Å²) in [5, 5.41) is 20.3. The molecule has 1 N–H and O–H groups in total. The number of ether oxygens (including phenoxy) is 1. The normalized spacial score (nSPS) is 15.9. The third-order valence-electron chi connectivity index (χ3n) is 7.80. The van der Waals surface area contributed by atoms with Gasteiger partial charge in [0.2, 0.25) is 0 Å². The maximum atomic E-state index is 14.6. The third kappa shape index (κ3) is 4.18. The Morgan fingerprint density at radius 2 is 1.87 bits per heavy atom. The van der Waals surface area contributed by atoms with Crippen LogP contribution in [-0.4, -0.2) is 42.9 Å². The highest BCUT2D eigenvalue weighted by atomic mass is 19.1. The fraction of sp³-hybridized carbons (Fsp3) is 0.367. The fourth-order valence-corrected chi connectivity index (χ4v) is 5.93. The van der Waals surface area contributed by atoms with E-state index in [2.05, 4.69) is 27.0 Å². The lowest BCUT2D eigenvalue weighted by Crippen LogP contribution is -2.27. The van der Waals surface area contributed by atoms with Crippen molar-refractivity contribution in [1.82, 2.24) is 24.5 Å². The zero-order chi connectivity index (χ0) is 26.6. The Morgan fingerprint density at radius 1 is 1.08 bits per heavy atom. The molecule has 196 valence electrons. The van der Waals surface area contributed by atoms with Crippen LogP contribution in [0.2, 0.25) is 0 Å². The first-order valence-corrected chi connectivity index (χ1v) is 13.1. The SMILES string of the molecule is Cc1nnn(C)c1-c1cnc2c3ccc(C(C)(C)O)cc3n([C@H](c3cccc(F)c3)C3CCOCC3)c2c1. The van der Waals surface area contributed by atoms with Crippen molar-refractivity contribution in [3.05, 3.63) is 77.4 Å². The molecule has 6 rings (SSSR count). The molecule has 2 aromatic carbocycles. The third-order valence-corrected chi connectivity index (χ3v) is 7.80. The van der Waals surface area contributed by atoms with Crippen molar-refractivity contribution < 1.29 is 14.2 Å². The molecule has 1 saturated heterocycles. The van der Waals surface area contributed by atoms with Crippen LogP contribution in [-0.2, 0) is 17.4 Å². The second kappa shape index (κ2) is 9.29. The number of rotatable bonds is 5. The summed E-state index contributed by atoms with van der Waals surface area (Å²) in [5.74, 6) is -0.0215. The van der Waals surface area contributed by atoms with Crippen molar-refractivity contribution in [3.8, 4) is 11.3 Å². The van der Waals surface area contributed by atoms with Gasteiger partial charge in [0.1, 0.15) is 5.82 Å². The Balaban J connectivity index is 1.70. The van der Waals surface area contributed by atoms with E-state index in [-0.39, 0.29) is 17.8 Å². The maximum Gasteiger partial charge on any atom is 0.123 e. The van der Waals surface area contributed by atoms with Gasteiger partial charge in [-0.3, -0.25) is 4.98 Å². The van der Waals surface area contributed by atoms with Gasteiger partial charge < -0.3 is 14.4 Å². The number of aromatic nitrogens is 5. The summed E-state index contributed by atoms with van der Waals surface area (Å²) in [6.45, 7) is 6.86. The lowest BCUT2D eigenvalue weighted by Gasteiger charge is -2.33. The minimum Gasteiger partial charge on any atom is -0.386 e. The van der Waals surface area contributed by atoms with Gasteiger partial charge >= 0.3 is 0 Å². The van der Waals surface area contributed by atoms with Crippen molar-refractivity contribution >= 4 is 21.9 Å². The minimum absolute atomic E-state index is 0.144. The highest BCUT2D eigenvalue weighted by Gasteiger charge is 2.31. The number of nitrogens with zero attached hydrogens (tertiary/aromatic N) is 5. The van der Waals surface area contributed by atoms with Gasteiger partial charge in [-0.1, -0.05) is 29.5 Å². The van der Waals surface area contributed by atoms with Crippen molar-refractivity contribution in [3.63, 3.8) is 0 Å². The molecule has 0 amide bonds. The summed E-state index contributed by atoms with van der Waals surface area (Å²) in [6, 6.07) is 15.0. The van der Waals surface area contributed by atoms with Crippen LogP contribution in [0.4, 0.5) is 4.39 Å². The molecule has 7 nitrogen and oxygen atoms in total. The molecular formula is C30H32FN5O2. The predicted octanol–water partition coefficient (Wildman–Crippen LogP) is 5.68. The maximum absolute atomic E-state index is 14.6. The number of fused-ring (bicyclic) bond motifs is 3. The number of hydrogen-bond acceptors (Lipinski definition) is 5. The van der Waals surface area contributed by atoms with Crippen LogP contribution in [0.5, 0.6) is 0 Å². The van der Waals surface area contributed by atoms with Crippen LogP contribution in [0, 0.1) is 18.7 Å². The van der Waals surface area contributed by atoms with E-state index in [1.807, 2.05) is 38.4 Å². The highest BCUT2D eigenvalue weighted by molar-refractivity contribution is 6.07. The second-order valence-electron chi connectivity index (χ2n) is 10.8. The quantitative estimate of drug-likeness (QED) is 0.327. The molecular weight excluding hydrogens is 481 g/mol. The molecule has 4 heterocycles. The summed E-state index contributed by atoms with van der Waals surface area (Å²) in [7, 11) is 1.88. The van der Waals surface area contributed by atoms with Crippen molar-refractivity contribution in [2.24, 2.45) is 13.0 Å². The first kappa shape index (κ1) is 24.7. The first-order chi connectivity index (χ1) is 18.2. The van der Waals surface area contributed by atoms with Gasteiger partial charge in [0.05, 0.1) is 39.6 Å². The molecule has 0 spiro atoms. The van der Waals surface area contributed by atoms with Gasteiger partial charge in [-0.25, -0.2) is 9.07 Å². The molecule has 0 unspecified atom stereocenters. The van der Waals surface area contributed by atoms with E-state index < -0.39 is 5.60 Å². The second-order valence-corrected chi connectivity index (χ2v) is 10.8. The zero-order valence-corrected chi connectivity index (χ0v) is 22.1. The van der Waals surface area contributed by atoms with Crippen LogP contribution in [0.25, 0.3) is 33.2 Å². The number of benzene rings is 2. The van der Waals surface area contributed by atoms with Gasteiger partial charge in [-0.2, -0.15) is 0 Å². The molecule has 8 heteroatoms. The molecule has 1 fully saturated rings. The molecule has 1 aliphatic heterocycles. The molecule has 0 aliphatic carbocycles. The molecule has 1 atom stereocenters. The number of aryl methyl sites for hydroxylation is 2. The Kier molecular flexibility index (Phi) is 6.04. The van der Waals surface area contributed by atoms with Gasteiger partial charge in [-0.05, 0) is 74.9 Å². The largest absolute Gasteiger partial charge is 0.386 e. The number of halogens is 1. The van der Waals surface area contributed by atoms with Gasteiger partial charge in [-0.15, -0.1) is 5.10 Å². The summed E-state index contributed by atoms with van der Waals surface area (Å²) < 4.78 is 24.4. The van der Waals surface area contributed by atoms with E-state index in [4.69, 9.17) is 9.72 Å². The van der Waals surface area contributed by atoms with Crippen LogP contribution in [0.1, 0.15) is 49.6 Å². The lowest BCUT2D eigenvalue weighted by molar-refractivity contribution is 0.0552. The highest BCUT2D eigenvalue weighted by Crippen LogP contribution is 2.42. The number of hydrogen-bond donors (Lipinski definition) is 1. The molecule has 1 aliphatic rings. The number of pyridine rings is 1. The summed E-state index contributed by atoms with van der Waals surface area (Å²) in [6.07, 6.45) is 3.60. The molecule has 0 saturated carbocycles. The average Bonchev–Trinajstić information content (AvgIpc) is 3.40. The standard InChI is InChI=1S/C30H32FN5O2/c1-18-28(35(4)34-33-18)21-15-26-27(32-17-21)24-9-8-22(30(2,3)37)16-25(24)36(26)29(19-10-12-38-13-11-19)20-6-5-7-23(31)14-20/h5-9,14-17,19,29,37H,10-13H2,1-4H3/t29-/m0/s1. The molecule has 3 aromatic heterocycles. The lowest BCUT2D eigenvalue weighted by atomic mass is 9.86. The predicted molar refractivity (Wildman–Crippen MR) is 145 cm³/mol. The van der Waals surface area contributed by atoms with E-state index in [1.165, 1.54) is 6.07 Å².